The van der Waals surface area contributed by atoms with Crippen molar-refractivity contribution in [1.82, 2.24) is 20.0 Å². The van der Waals surface area contributed by atoms with E-state index in [1.807, 2.05) is 47.4 Å². The molecule has 0 radical (unpaired) electrons. The summed E-state index contributed by atoms with van der Waals surface area (Å²) >= 11 is 0. The highest BCUT2D eigenvalue weighted by Gasteiger charge is 2.20. The number of ether oxygens (including phenoxy) is 1. The Bertz CT molecular complexity index is 988. The third kappa shape index (κ3) is 6.17. The molecule has 1 saturated heterocycles. The van der Waals surface area contributed by atoms with E-state index in [0.717, 1.165) is 55.9 Å². The summed E-state index contributed by atoms with van der Waals surface area (Å²) in [5.41, 5.74) is 2.31. The fourth-order valence-electron chi connectivity index (χ4n) is 3.97. The van der Waals surface area contributed by atoms with Crippen LogP contribution in [-0.4, -0.2) is 59.2 Å². The fourth-order valence-corrected chi connectivity index (χ4v) is 3.97. The van der Waals surface area contributed by atoms with Crippen molar-refractivity contribution in [3.63, 3.8) is 0 Å². The molecule has 3 aromatic rings. The first-order valence-corrected chi connectivity index (χ1v) is 11.2. The van der Waals surface area contributed by atoms with Gasteiger partial charge in [-0.2, -0.15) is 0 Å². The molecule has 4 rings (SSSR count). The lowest BCUT2D eigenvalue weighted by atomic mass is 10.1. The third-order valence-corrected chi connectivity index (χ3v) is 5.79. The normalized spacial score (nSPS) is 14.8. The number of aryl methyl sites for hydroxylation is 1. The molecule has 0 unspecified atom stereocenters. The lowest BCUT2D eigenvalue weighted by Crippen LogP contribution is -2.35. The van der Waals surface area contributed by atoms with Crippen molar-refractivity contribution >= 4 is 5.91 Å². The maximum absolute atomic E-state index is 12.7. The predicted molar refractivity (Wildman–Crippen MR) is 121 cm³/mol. The van der Waals surface area contributed by atoms with E-state index in [4.69, 9.17) is 9.15 Å². The van der Waals surface area contributed by atoms with Gasteiger partial charge in [0.1, 0.15) is 5.75 Å². The van der Waals surface area contributed by atoms with Crippen molar-refractivity contribution in [2.45, 2.75) is 32.2 Å². The van der Waals surface area contributed by atoms with E-state index in [1.54, 1.807) is 7.11 Å². The number of methoxy groups -OCH3 is 1. The van der Waals surface area contributed by atoms with Crippen molar-refractivity contribution in [1.29, 1.82) is 0 Å². The van der Waals surface area contributed by atoms with Gasteiger partial charge >= 0.3 is 0 Å². The molecule has 7 nitrogen and oxygen atoms in total. The van der Waals surface area contributed by atoms with Gasteiger partial charge in [0.2, 0.25) is 17.7 Å². The SMILES string of the molecule is COc1ccc(CCC(=O)N2CCCN(Cc3nnc(Cc4ccccc4)o3)CC2)cc1. The van der Waals surface area contributed by atoms with Gasteiger partial charge in [0, 0.05) is 32.6 Å². The molecule has 1 amide bonds. The molecule has 168 valence electrons. The highest BCUT2D eigenvalue weighted by Crippen LogP contribution is 2.15. The topological polar surface area (TPSA) is 71.7 Å². The van der Waals surface area contributed by atoms with E-state index < -0.39 is 0 Å². The lowest BCUT2D eigenvalue weighted by Gasteiger charge is -2.21. The minimum absolute atomic E-state index is 0.214. The van der Waals surface area contributed by atoms with Crippen LogP contribution in [-0.2, 0) is 24.2 Å². The van der Waals surface area contributed by atoms with Crippen molar-refractivity contribution in [3.05, 3.63) is 77.5 Å². The van der Waals surface area contributed by atoms with Gasteiger partial charge in [-0.25, -0.2) is 0 Å². The van der Waals surface area contributed by atoms with E-state index >= 15 is 0 Å². The Labute approximate surface area is 189 Å². The molecular formula is C25H30N4O3. The molecule has 0 aliphatic carbocycles. The largest absolute Gasteiger partial charge is 0.497 e. The summed E-state index contributed by atoms with van der Waals surface area (Å²) in [6.07, 6.45) is 2.86. The molecule has 0 N–H and O–H groups in total. The van der Waals surface area contributed by atoms with Gasteiger partial charge in [0.05, 0.1) is 20.1 Å². The van der Waals surface area contributed by atoms with Crippen LogP contribution in [0.2, 0.25) is 0 Å². The quantitative estimate of drug-likeness (QED) is 0.542. The number of aromatic nitrogens is 2. The second-order valence-electron chi connectivity index (χ2n) is 8.11. The summed E-state index contributed by atoms with van der Waals surface area (Å²) < 4.78 is 11.0. The number of hydrogen-bond acceptors (Lipinski definition) is 6. The molecule has 1 aromatic heterocycles. The van der Waals surface area contributed by atoms with Crippen LogP contribution < -0.4 is 4.74 Å². The van der Waals surface area contributed by atoms with Crippen LogP contribution >= 0.6 is 0 Å². The Balaban J connectivity index is 1.23. The Morgan fingerprint density at radius 3 is 2.50 bits per heavy atom. The van der Waals surface area contributed by atoms with Crippen LogP contribution in [0.25, 0.3) is 0 Å². The molecule has 32 heavy (non-hydrogen) atoms. The first-order valence-electron chi connectivity index (χ1n) is 11.2. The van der Waals surface area contributed by atoms with Crippen LogP contribution in [0.5, 0.6) is 5.75 Å². The zero-order valence-corrected chi connectivity index (χ0v) is 18.6. The highest BCUT2D eigenvalue weighted by molar-refractivity contribution is 5.76. The molecule has 1 fully saturated rings. The van der Waals surface area contributed by atoms with Crippen LogP contribution in [0, 0.1) is 0 Å². The predicted octanol–water partition coefficient (Wildman–Crippen LogP) is 3.34. The van der Waals surface area contributed by atoms with Gasteiger partial charge in [-0.3, -0.25) is 9.69 Å². The standard InChI is InChI=1S/C25H30N4O3/c1-31-22-11-8-20(9-12-22)10-13-25(30)29-15-5-14-28(16-17-29)19-24-27-26-23(32-24)18-21-6-3-2-4-7-21/h2-4,6-9,11-12H,5,10,13-19H2,1H3. The van der Waals surface area contributed by atoms with Crippen LogP contribution in [0.15, 0.2) is 59.0 Å². The molecular weight excluding hydrogens is 404 g/mol. The van der Waals surface area contributed by atoms with Crippen LogP contribution in [0.1, 0.15) is 35.7 Å². The molecule has 0 bridgehead atoms. The zero-order valence-electron chi connectivity index (χ0n) is 18.6. The van der Waals surface area contributed by atoms with Crippen LogP contribution in [0.3, 0.4) is 0 Å². The van der Waals surface area contributed by atoms with Crippen molar-refractivity contribution in [3.8, 4) is 5.75 Å². The maximum atomic E-state index is 12.7. The Morgan fingerprint density at radius 1 is 0.938 bits per heavy atom. The van der Waals surface area contributed by atoms with E-state index in [9.17, 15) is 4.79 Å². The van der Waals surface area contributed by atoms with Gasteiger partial charge < -0.3 is 14.1 Å². The molecule has 0 atom stereocenters. The number of nitrogens with zero attached hydrogens (tertiary/aromatic N) is 4. The number of hydrogen-bond donors (Lipinski definition) is 0. The average Bonchev–Trinajstić information content (AvgIpc) is 3.12. The van der Waals surface area contributed by atoms with E-state index in [1.165, 1.54) is 0 Å². The van der Waals surface area contributed by atoms with E-state index in [-0.39, 0.29) is 5.91 Å². The van der Waals surface area contributed by atoms with Gasteiger partial charge in [-0.15, -0.1) is 10.2 Å². The molecule has 0 spiro atoms. The van der Waals surface area contributed by atoms with Crippen LogP contribution in [0.4, 0.5) is 0 Å². The molecule has 2 aromatic carbocycles. The minimum atomic E-state index is 0.214. The van der Waals surface area contributed by atoms with E-state index in [0.29, 0.717) is 31.2 Å². The summed E-state index contributed by atoms with van der Waals surface area (Å²) in [4.78, 5) is 17.0. The smallest absolute Gasteiger partial charge is 0.230 e. The molecule has 7 heteroatoms. The third-order valence-electron chi connectivity index (χ3n) is 5.79. The van der Waals surface area contributed by atoms with Gasteiger partial charge in [-0.05, 0) is 36.1 Å². The summed E-state index contributed by atoms with van der Waals surface area (Å²) in [7, 11) is 1.66. The maximum Gasteiger partial charge on any atom is 0.230 e. The zero-order chi connectivity index (χ0) is 22.2. The molecule has 1 aliphatic heterocycles. The number of carbonyl (C=O) groups excluding carboxylic acids is 1. The molecule has 2 heterocycles. The first kappa shape index (κ1) is 22.0. The summed E-state index contributed by atoms with van der Waals surface area (Å²) in [6, 6.07) is 18.0. The van der Waals surface area contributed by atoms with Gasteiger partial charge in [0.25, 0.3) is 0 Å². The number of amides is 1. The number of rotatable bonds is 8. The minimum Gasteiger partial charge on any atom is -0.497 e. The van der Waals surface area contributed by atoms with Gasteiger partial charge in [-0.1, -0.05) is 42.5 Å². The Hall–Kier alpha value is -3.19. The average molecular weight is 435 g/mol. The summed E-state index contributed by atoms with van der Waals surface area (Å²) in [6.45, 7) is 3.87. The second kappa shape index (κ2) is 10.9. The lowest BCUT2D eigenvalue weighted by molar-refractivity contribution is -0.131. The Kier molecular flexibility index (Phi) is 7.51. The van der Waals surface area contributed by atoms with Crippen molar-refractivity contribution in [2.24, 2.45) is 0 Å². The molecule has 1 aliphatic rings. The summed E-state index contributed by atoms with van der Waals surface area (Å²) in [5.74, 6) is 2.32. The van der Waals surface area contributed by atoms with Crippen molar-refractivity contribution < 1.29 is 13.9 Å². The van der Waals surface area contributed by atoms with E-state index in [2.05, 4.69) is 27.2 Å². The number of carbonyl (C=O) groups is 1. The summed E-state index contributed by atoms with van der Waals surface area (Å²) in [5, 5.41) is 8.41. The second-order valence-corrected chi connectivity index (χ2v) is 8.11. The highest BCUT2D eigenvalue weighted by atomic mass is 16.5. The van der Waals surface area contributed by atoms with Crippen molar-refractivity contribution in [2.75, 3.05) is 33.3 Å². The van der Waals surface area contributed by atoms with Gasteiger partial charge in [0.15, 0.2) is 0 Å². The Morgan fingerprint density at radius 2 is 1.72 bits per heavy atom. The monoisotopic (exact) mass is 434 g/mol. The molecule has 0 saturated carbocycles. The first-order chi connectivity index (χ1) is 15.7. The fraction of sp³-hybridized carbons (Fsp3) is 0.400. The number of benzene rings is 2.